The van der Waals surface area contributed by atoms with E-state index in [-0.39, 0.29) is 17.7 Å². The highest BCUT2D eigenvalue weighted by Crippen LogP contribution is 2.16. The van der Waals surface area contributed by atoms with Crippen molar-refractivity contribution in [3.05, 3.63) is 29.3 Å². The first-order chi connectivity index (χ1) is 6.67. The van der Waals surface area contributed by atoms with Gasteiger partial charge in [-0.3, -0.25) is 4.79 Å². The first-order valence-corrected chi connectivity index (χ1v) is 3.96. The maximum absolute atomic E-state index is 10.9. The first kappa shape index (κ1) is 10.1. The van der Waals surface area contributed by atoms with Crippen molar-refractivity contribution < 1.29 is 14.6 Å². The summed E-state index contributed by atoms with van der Waals surface area (Å²) in [5.41, 5.74) is 0.840. The van der Waals surface area contributed by atoms with Crippen LogP contribution in [-0.2, 0) is 16.0 Å². The van der Waals surface area contributed by atoms with Crippen LogP contribution < -0.4 is 0 Å². The van der Waals surface area contributed by atoms with E-state index in [2.05, 4.69) is 4.74 Å². The molecule has 0 heterocycles. The minimum Gasteiger partial charge on any atom is -0.508 e. The van der Waals surface area contributed by atoms with Gasteiger partial charge in [-0.2, -0.15) is 5.26 Å². The number of methoxy groups -OCH3 is 1. The van der Waals surface area contributed by atoms with E-state index in [4.69, 9.17) is 10.4 Å². The fourth-order valence-corrected chi connectivity index (χ4v) is 1.05. The molecule has 4 heteroatoms. The molecule has 0 unspecified atom stereocenters. The van der Waals surface area contributed by atoms with Gasteiger partial charge in [0.1, 0.15) is 5.75 Å². The topological polar surface area (TPSA) is 70.3 Å². The Hall–Kier alpha value is -2.02. The highest BCUT2D eigenvalue weighted by molar-refractivity contribution is 5.73. The normalized spacial score (nSPS) is 9.14. The van der Waals surface area contributed by atoms with Crippen molar-refractivity contribution in [1.29, 1.82) is 5.26 Å². The van der Waals surface area contributed by atoms with Crippen LogP contribution in [-0.4, -0.2) is 18.2 Å². The molecule has 0 fully saturated rings. The van der Waals surface area contributed by atoms with Crippen LogP contribution in [0.25, 0.3) is 0 Å². The van der Waals surface area contributed by atoms with Crippen LogP contribution in [0.5, 0.6) is 5.75 Å². The van der Waals surface area contributed by atoms with Gasteiger partial charge in [0, 0.05) is 0 Å². The lowest BCUT2D eigenvalue weighted by Crippen LogP contribution is -2.05. The molecule has 0 aromatic heterocycles. The number of nitrogens with zero attached hydrogens (tertiary/aromatic N) is 1. The predicted octanol–water partition coefficient (Wildman–Crippen LogP) is 0.979. The number of hydrogen-bond donors (Lipinski definition) is 1. The molecule has 1 aromatic carbocycles. The maximum Gasteiger partial charge on any atom is 0.310 e. The van der Waals surface area contributed by atoms with E-state index in [0.29, 0.717) is 5.56 Å². The van der Waals surface area contributed by atoms with Gasteiger partial charge < -0.3 is 9.84 Å². The number of phenolic OH excluding ortho intramolecular Hbond substituents is 1. The van der Waals surface area contributed by atoms with E-state index in [0.717, 1.165) is 0 Å². The summed E-state index contributed by atoms with van der Waals surface area (Å²) in [4.78, 5) is 10.9. The molecule has 0 aliphatic heterocycles. The number of hydrogen-bond acceptors (Lipinski definition) is 4. The molecule has 0 saturated heterocycles. The molecule has 4 nitrogen and oxygen atoms in total. The van der Waals surface area contributed by atoms with Gasteiger partial charge in [0.2, 0.25) is 0 Å². The quantitative estimate of drug-likeness (QED) is 0.707. The summed E-state index contributed by atoms with van der Waals surface area (Å²) in [6.07, 6.45) is 0.0413. The molecule has 1 N–H and O–H groups in total. The van der Waals surface area contributed by atoms with Gasteiger partial charge >= 0.3 is 5.97 Å². The third-order valence-corrected chi connectivity index (χ3v) is 1.78. The molecule has 0 atom stereocenters. The van der Waals surface area contributed by atoms with Crippen LogP contribution in [0.1, 0.15) is 11.1 Å². The SMILES string of the molecule is COC(=O)Cc1ccc(O)cc1C#N. The lowest BCUT2D eigenvalue weighted by Gasteiger charge is -2.02. The van der Waals surface area contributed by atoms with Crippen LogP contribution in [0, 0.1) is 11.3 Å². The molecule has 0 bridgehead atoms. The van der Waals surface area contributed by atoms with Crippen molar-refractivity contribution in [2.75, 3.05) is 7.11 Å². The van der Waals surface area contributed by atoms with E-state index in [9.17, 15) is 4.79 Å². The Bertz CT molecular complexity index is 393. The second-order valence-electron chi connectivity index (χ2n) is 2.71. The Morgan fingerprint density at radius 2 is 2.36 bits per heavy atom. The maximum atomic E-state index is 10.9. The molecule has 0 aliphatic carbocycles. The second-order valence-corrected chi connectivity index (χ2v) is 2.71. The first-order valence-electron chi connectivity index (χ1n) is 3.96. The molecule has 0 amide bonds. The van der Waals surface area contributed by atoms with Gasteiger partial charge in [0.05, 0.1) is 25.2 Å². The number of esters is 1. The molecular weight excluding hydrogens is 182 g/mol. The van der Waals surface area contributed by atoms with Gasteiger partial charge in [-0.15, -0.1) is 0 Å². The summed E-state index contributed by atoms with van der Waals surface area (Å²) in [6, 6.07) is 6.18. The molecule has 14 heavy (non-hydrogen) atoms. The average molecular weight is 191 g/mol. The van der Waals surface area contributed by atoms with Crippen molar-refractivity contribution in [3.63, 3.8) is 0 Å². The van der Waals surface area contributed by atoms with Gasteiger partial charge in [0.25, 0.3) is 0 Å². The van der Waals surface area contributed by atoms with Crippen molar-refractivity contribution in [2.24, 2.45) is 0 Å². The molecule has 0 aliphatic rings. The number of carbonyl (C=O) groups is 1. The molecule has 0 saturated carbocycles. The summed E-state index contributed by atoms with van der Waals surface area (Å²) in [6.45, 7) is 0. The molecule has 72 valence electrons. The number of ether oxygens (including phenoxy) is 1. The Kier molecular flexibility index (Phi) is 3.08. The number of phenols is 1. The average Bonchev–Trinajstić information content (AvgIpc) is 2.20. The summed E-state index contributed by atoms with van der Waals surface area (Å²) in [5, 5.41) is 17.8. The van der Waals surface area contributed by atoms with Crippen LogP contribution >= 0.6 is 0 Å². The fraction of sp³-hybridized carbons (Fsp3) is 0.200. The highest BCUT2D eigenvalue weighted by atomic mass is 16.5. The lowest BCUT2D eigenvalue weighted by atomic mass is 10.1. The summed E-state index contributed by atoms with van der Waals surface area (Å²) in [5.74, 6) is -0.401. The van der Waals surface area contributed by atoms with E-state index in [1.165, 1.54) is 25.3 Å². The lowest BCUT2D eigenvalue weighted by molar-refractivity contribution is -0.139. The Labute approximate surface area is 81.4 Å². The third kappa shape index (κ3) is 2.23. The number of nitriles is 1. The second kappa shape index (κ2) is 4.28. The van der Waals surface area contributed by atoms with Crippen LogP contribution in [0.2, 0.25) is 0 Å². The van der Waals surface area contributed by atoms with Crippen LogP contribution in [0.3, 0.4) is 0 Å². The van der Waals surface area contributed by atoms with Crippen molar-refractivity contribution in [1.82, 2.24) is 0 Å². The van der Waals surface area contributed by atoms with E-state index < -0.39 is 5.97 Å². The third-order valence-electron chi connectivity index (χ3n) is 1.78. The minimum absolute atomic E-state index is 0.00941. The van der Waals surface area contributed by atoms with Gasteiger partial charge in [-0.05, 0) is 17.7 Å². The summed E-state index contributed by atoms with van der Waals surface area (Å²) in [7, 11) is 1.29. The van der Waals surface area contributed by atoms with Crippen molar-refractivity contribution in [2.45, 2.75) is 6.42 Å². The molecular formula is C10H9NO3. The number of rotatable bonds is 2. The Balaban J connectivity index is 2.98. The van der Waals surface area contributed by atoms with Gasteiger partial charge in [0.15, 0.2) is 0 Å². The highest BCUT2D eigenvalue weighted by Gasteiger charge is 2.08. The van der Waals surface area contributed by atoms with Crippen LogP contribution in [0.15, 0.2) is 18.2 Å². The summed E-state index contributed by atoms with van der Waals surface area (Å²) < 4.78 is 4.47. The predicted molar refractivity (Wildman–Crippen MR) is 48.5 cm³/mol. The molecule has 1 rings (SSSR count). The van der Waals surface area contributed by atoms with E-state index in [1.54, 1.807) is 0 Å². The van der Waals surface area contributed by atoms with Crippen molar-refractivity contribution >= 4 is 5.97 Å². The smallest absolute Gasteiger partial charge is 0.310 e. The zero-order valence-electron chi connectivity index (χ0n) is 7.65. The van der Waals surface area contributed by atoms with Gasteiger partial charge in [-0.1, -0.05) is 6.07 Å². The molecule has 0 spiro atoms. The standard InChI is InChI=1S/C10H9NO3/c1-14-10(13)5-7-2-3-9(12)4-8(7)6-11/h2-4,12H,5H2,1H3. The molecule has 1 aromatic rings. The Morgan fingerprint density at radius 1 is 1.64 bits per heavy atom. The van der Waals surface area contributed by atoms with Crippen molar-refractivity contribution in [3.8, 4) is 11.8 Å². The minimum atomic E-state index is -0.410. The zero-order valence-corrected chi connectivity index (χ0v) is 7.65. The van der Waals surface area contributed by atoms with E-state index in [1.807, 2.05) is 6.07 Å². The monoisotopic (exact) mass is 191 g/mol. The summed E-state index contributed by atoms with van der Waals surface area (Å²) >= 11 is 0. The number of aromatic hydroxyl groups is 1. The van der Waals surface area contributed by atoms with E-state index >= 15 is 0 Å². The largest absolute Gasteiger partial charge is 0.508 e. The van der Waals surface area contributed by atoms with Gasteiger partial charge in [-0.25, -0.2) is 0 Å². The van der Waals surface area contributed by atoms with Crippen LogP contribution in [0.4, 0.5) is 0 Å². The fourth-order valence-electron chi connectivity index (χ4n) is 1.05. The Morgan fingerprint density at radius 3 is 2.93 bits per heavy atom. The molecule has 0 radical (unpaired) electrons. The zero-order chi connectivity index (χ0) is 10.6. The number of benzene rings is 1. The number of carbonyl (C=O) groups excluding carboxylic acids is 1.